The number of carbonyl (C=O) groups excluding carboxylic acids is 2. The minimum absolute atomic E-state index is 0.0359. The summed E-state index contributed by atoms with van der Waals surface area (Å²) < 4.78 is 13.2. The maximum atomic E-state index is 13.2. The number of nitrogens with zero attached hydrogens (tertiary/aromatic N) is 2. The molecule has 0 bridgehead atoms. The molecule has 6 nitrogen and oxygen atoms in total. The molecule has 3 amide bonds. The van der Waals surface area contributed by atoms with Crippen LogP contribution in [-0.2, 0) is 4.79 Å². The molecule has 7 heteroatoms. The van der Waals surface area contributed by atoms with Crippen LogP contribution < -0.4 is 10.6 Å². The third-order valence-corrected chi connectivity index (χ3v) is 7.98. The molecule has 0 radical (unpaired) electrons. The Labute approximate surface area is 247 Å². The summed E-state index contributed by atoms with van der Waals surface area (Å²) in [5.74, 6) is 0.378. The molecule has 1 unspecified atom stereocenters. The quantitative estimate of drug-likeness (QED) is 0.341. The number of piperidine rings is 1. The normalized spacial score (nSPS) is 14.4. The summed E-state index contributed by atoms with van der Waals surface area (Å²) in [6.07, 6.45) is 4.98. The number of likely N-dealkylation sites (tertiary alicyclic amines) is 1. The molecular weight excluding hydrogens is 515 g/mol. The highest BCUT2D eigenvalue weighted by Crippen LogP contribution is 2.32. The summed E-state index contributed by atoms with van der Waals surface area (Å²) in [5, 5.41) is 6.10. The van der Waals surface area contributed by atoms with Gasteiger partial charge < -0.3 is 20.4 Å². The van der Waals surface area contributed by atoms with E-state index in [1.807, 2.05) is 59.0 Å². The minimum Gasteiger partial charge on any atom is -0.371 e. The van der Waals surface area contributed by atoms with Gasteiger partial charge in [-0.25, -0.2) is 9.18 Å². The molecule has 226 valence electrons. The van der Waals surface area contributed by atoms with Gasteiger partial charge in [-0.3, -0.25) is 4.79 Å². The SMILES string of the molecule is C=C(c1ccc(C)c(NC(=O)NC(CC)CCC)c1)N1CCC(c2ccc(F)cc2)CC1.CC(=O)N(C)C(C)(C)C. The van der Waals surface area contributed by atoms with Gasteiger partial charge in [0.15, 0.2) is 0 Å². The van der Waals surface area contributed by atoms with E-state index in [0.717, 1.165) is 67.7 Å². The molecule has 1 heterocycles. The van der Waals surface area contributed by atoms with Crippen molar-refractivity contribution in [2.45, 2.75) is 98.1 Å². The van der Waals surface area contributed by atoms with Crippen LogP contribution in [0.1, 0.15) is 96.3 Å². The summed E-state index contributed by atoms with van der Waals surface area (Å²) in [6.45, 7) is 20.0. The van der Waals surface area contributed by atoms with E-state index < -0.39 is 0 Å². The lowest BCUT2D eigenvalue weighted by atomic mass is 9.89. The van der Waals surface area contributed by atoms with Gasteiger partial charge in [0.2, 0.25) is 5.91 Å². The number of benzene rings is 2. The first kappa shape index (κ1) is 33.9. The molecule has 1 aliphatic rings. The van der Waals surface area contributed by atoms with Gasteiger partial charge >= 0.3 is 6.03 Å². The maximum Gasteiger partial charge on any atom is 0.319 e. The monoisotopic (exact) mass is 566 g/mol. The number of urea groups is 1. The molecule has 2 N–H and O–H groups in total. The van der Waals surface area contributed by atoms with Gasteiger partial charge in [0.05, 0.1) is 0 Å². The Bertz CT molecular complexity index is 1150. The molecule has 3 rings (SSSR count). The van der Waals surface area contributed by atoms with Crippen molar-refractivity contribution >= 4 is 23.3 Å². The number of hydrogen-bond donors (Lipinski definition) is 2. The van der Waals surface area contributed by atoms with E-state index in [4.69, 9.17) is 0 Å². The van der Waals surface area contributed by atoms with Crippen LogP contribution in [0.25, 0.3) is 5.70 Å². The van der Waals surface area contributed by atoms with Crippen molar-refractivity contribution in [2.75, 3.05) is 25.5 Å². The highest BCUT2D eigenvalue weighted by molar-refractivity contribution is 5.91. The second-order valence-corrected chi connectivity index (χ2v) is 12.0. The summed E-state index contributed by atoms with van der Waals surface area (Å²) in [4.78, 5) is 27.2. The summed E-state index contributed by atoms with van der Waals surface area (Å²) in [6, 6.07) is 13.0. The highest BCUT2D eigenvalue weighted by atomic mass is 19.1. The van der Waals surface area contributed by atoms with Crippen LogP contribution in [0.5, 0.6) is 0 Å². The van der Waals surface area contributed by atoms with E-state index in [0.29, 0.717) is 5.92 Å². The van der Waals surface area contributed by atoms with Crippen LogP contribution in [0.15, 0.2) is 49.0 Å². The number of aryl methyl sites for hydroxylation is 1. The Balaban J connectivity index is 0.000000564. The fourth-order valence-corrected chi connectivity index (χ4v) is 4.88. The summed E-state index contributed by atoms with van der Waals surface area (Å²) in [5.41, 5.74) is 5.00. The smallest absolute Gasteiger partial charge is 0.319 e. The third-order valence-electron chi connectivity index (χ3n) is 7.98. The van der Waals surface area contributed by atoms with Gasteiger partial charge in [0.25, 0.3) is 0 Å². The Hall–Kier alpha value is -3.35. The zero-order chi connectivity index (χ0) is 30.7. The lowest BCUT2D eigenvalue weighted by Crippen LogP contribution is -2.41. The van der Waals surface area contributed by atoms with E-state index in [9.17, 15) is 14.0 Å². The summed E-state index contributed by atoms with van der Waals surface area (Å²) in [7, 11) is 1.81. The van der Waals surface area contributed by atoms with E-state index in [2.05, 4.69) is 42.0 Å². The number of rotatable bonds is 8. The average molecular weight is 567 g/mol. The average Bonchev–Trinajstić information content (AvgIpc) is 2.93. The van der Waals surface area contributed by atoms with E-state index >= 15 is 0 Å². The van der Waals surface area contributed by atoms with Crippen LogP contribution in [0.2, 0.25) is 0 Å². The standard InChI is InChI=1S/C27H36FN3O.C7H15NO/c1-5-7-25(6-2)29-27(32)30-26-18-23(9-8-19(26)3)20(4)31-16-14-22(15-17-31)21-10-12-24(28)13-11-21;1-6(9)8(5)7(2,3)4/h8-13,18,22,25H,4-7,14-17H2,1-3H3,(H2,29,30,32);1-5H3. The molecule has 2 aromatic rings. The molecule has 1 aliphatic heterocycles. The Kier molecular flexibility index (Phi) is 12.9. The number of anilines is 1. The van der Waals surface area contributed by atoms with Crippen LogP contribution in [0, 0.1) is 12.7 Å². The minimum atomic E-state index is -0.187. The number of hydrogen-bond acceptors (Lipinski definition) is 3. The molecular formula is C34H51FN4O2. The number of amides is 3. The number of halogens is 1. The molecule has 1 atom stereocenters. The van der Waals surface area contributed by atoms with E-state index in [1.54, 1.807) is 24.0 Å². The first-order valence-corrected chi connectivity index (χ1v) is 14.9. The fourth-order valence-electron chi connectivity index (χ4n) is 4.88. The summed E-state index contributed by atoms with van der Waals surface area (Å²) >= 11 is 0. The van der Waals surface area contributed by atoms with Gasteiger partial charge in [0.1, 0.15) is 5.82 Å². The van der Waals surface area contributed by atoms with Gasteiger partial charge in [-0.2, -0.15) is 0 Å². The molecule has 1 fully saturated rings. The zero-order valence-corrected chi connectivity index (χ0v) is 26.4. The van der Waals surface area contributed by atoms with Crippen LogP contribution in [0.4, 0.5) is 14.9 Å². The second-order valence-electron chi connectivity index (χ2n) is 12.0. The molecule has 2 aromatic carbocycles. The van der Waals surface area contributed by atoms with Crippen molar-refractivity contribution in [3.63, 3.8) is 0 Å². The largest absolute Gasteiger partial charge is 0.371 e. The lowest BCUT2D eigenvalue weighted by Gasteiger charge is -2.35. The molecule has 41 heavy (non-hydrogen) atoms. The maximum absolute atomic E-state index is 13.2. The van der Waals surface area contributed by atoms with Crippen molar-refractivity contribution in [1.82, 2.24) is 15.1 Å². The van der Waals surface area contributed by atoms with Crippen molar-refractivity contribution < 1.29 is 14.0 Å². The van der Waals surface area contributed by atoms with Gasteiger partial charge in [0, 0.05) is 50.0 Å². The van der Waals surface area contributed by atoms with Crippen LogP contribution in [0.3, 0.4) is 0 Å². The topological polar surface area (TPSA) is 64.7 Å². The van der Waals surface area contributed by atoms with Gasteiger partial charge in [-0.1, -0.05) is 51.1 Å². The Morgan fingerprint density at radius 3 is 2.20 bits per heavy atom. The lowest BCUT2D eigenvalue weighted by molar-refractivity contribution is -0.131. The van der Waals surface area contributed by atoms with Crippen molar-refractivity contribution in [3.05, 3.63) is 71.6 Å². The van der Waals surface area contributed by atoms with Gasteiger partial charge in [-0.15, -0.1) is 0 Å². The molecule has 0 spiro atoms. The zero-order valence-electron chi connectivity index (χ0n) is 26.4. The molecule has 0 saturated carbocycles. The Morgan fingerprint density at radius 2 is 1.71 bits per heavy atom. The van der Waals surface area contributed by atoms with Crippen LogP contribution >= 0.6 is 0 Å². The van der Waals surface area contributed by atoms with Crippen molar-refractivity contribution in [2.24, 2.45) is 0 Å². The van der Waals surface area contributed by atoms with E-state index in [1.165, 1.54) is 5.56 Å². The van der Waals surface area contributed by atoms with E-state index in [-0.39, 0.29) is 29.3 Å². The highest BCUT2D eigenvalue weighted by Gasteiger charge is 2.22. The third kappa shape index (κ3) is 10.5. The van der Waals surface area contributed by atoms with Gasteiger partial charge in [-0.05, 0) is 94.2 Å². The predicted octanol–water partition coefficient (Wildman–Crippen LogP) is 7.95. The fraction of sp³-hybridized carbons (Fsp3) is 0.529. The number of nitrogens with one attached hydrogen (secondary N) is 2. The number of carbonyl (C=O) groups is 2. The van der Waals surface area contributed by atoms with Crippen molar-refractivity contribution in [1.29, 1.82) is 0 Å². The Morgan fingerprint density at radius 1 is 1.10 bits per heavy atom. The van der Waals surface area contributed by atoms with Crippen LogP contribution in [-0.4, -0.2) is 53.5 Å². The predicted molar refractivity (Wildman–Crippen MR) is 169 cm³/mol. The second kappa shape index (κ2) is 15.6. The molecule has 0 aromatic heterocycles. The first-order chi connectivity index (χ1) is 19.3. The molecule has 0 aliphatic carbocycles. The van der Waals surface area contributed by atoms with Crippen molar-refractivity contribution in [3.8, 4) is 0 Å². The first-order valence-electron chi connectivity index (χ1n) is 14.9. The molecule has 1 saturated heterocycles.